The Bertz CT molecular complexity index is 632. The van der Waals surface area contributed by atoms with E-state index in [2.05, 4.69) is 27.3 Å². The number of nitriles is 1. The van der Waals surface area contributed by atoms with Gasteiger partial charge in [0.25, 0.3) is 0 Å². The van der Waals surface area contributed by atoms with Gasteiger partial charge < -0.3 is 5.32 Å². The van der Waals surface area contributed by atoms with Crippen LogP contribution < -0.4 is 5.32 Å². The largest absolute Gasteiger partial charge is 0.352 e. The first-order valence-corrected chi connectivity index (χ1v) is 6.13. The van der Waals surface area contributed by atoms with Crippen LogP contribution >= 0.6 is 15.9 Å². The minimum Gasteiger partial charge on any atom is -0.352 e. The van der Waals surface area contributed by atoms with Gasteiger partial charge in [0.2, 0.25) is 0 Å². The van der Waals surface area contributed by atoms with Gasteiger partial charge in [0.1, 0.15) is 11.9 Å². The third-order valence-corrected chi connectivity index (χ3v) is 3.18. The quantitative estimate of drug-likeness (QED) is 0.886. The van der Waals surface area contributed by atoms with Crippen molar-refractivity contribution < 1.29 is 4.39 Å². The van der Waals surface area contributed by atoms with Gasteiger partial charge in [-0.3, -0.25) is 0 Å². The molecule has 0 bridgehead atoms. The normalized spacial score (nSPS) is 9.89. The van der Waals surface area contributed by atoms with E-state index in [1.807, 2.05) is 13.0 Å². The van der Waals surface area contributed by atoms with Gasteiger partial charge in [0.05, 0.1) is 16.9 Å². The lowest BCUT2D eigenvalue weighted by Gasteiger charge is -2.10. The average Bonchev–Trinajstić information content (AvgIpc) is 2.33. The molecular formula is C14H10BrFN2. The Kier molecular flexibility index (Phi) is 3.63. The smallest absolute Gasteiger partial charge is 0.146 e. The first-order valence-electron chi connectivity index (χ1n) is 5.33. The highest BCUT2D eigenvalue weighted by Crippen LogP contribution is 2.28. The first-order chi connectivity index (χ1) is 8.61. The van der Waals surface area contributed by atoms with Crippen molar-refractivity contribution >= 4 is 27.3 Å². The molecule has 0 atom stereocenters. The Morgan fingerprint density at radius 1 is 1.22 bits per heavy atom. The Balaban J connectivity index is 2.41. The standard InChI is InChI=1S/C14H10BrFN2/c1-9-5-6-14(12(16)7-9)18-13-4-2-3-11(15)10(13)8-17/h2-7,18H,1H3. The second-order valence-electron chi connectivity index (χ2n) is 3.88. The Hall–Kier alpha value is -1.86. The molecule has 0 heterocycles. The number of aryl methyl sites for hydroxylation is 1. The zero-order chi connectivity index (χ0) is 13.1. The fraction of sp³-hybridized carbons (Fsp3) is 0.0714. The third kappa shape index (κ3) is 2.52. The summed E-state index contributed by atoms with van der Waals surface area (Å²) < 4.78 is 14.4. The summed E-state index contributed by atoms with van der Waals surface area (Å²) >= 11 is 3.29. The summed E-state index contributed by atoms with van der Waals surface area (Å²) in [6.07, 6.45) is 0. The number of nitrogens with zero attached hydrogens (tertiary/aromatic N) is 1. The molecule has 0 saturated heterocycles. The third-order valence-electron chi connectivity index (χ3n) is 2.52. The maximum Gasteiger partial charge on any atom is 0.146 e. The highest BCUT2D eigenvalue weighted by atomic mass is 79.9. The molecule has 0 radical (unpaired) electrons. The summed E-state index contributed by atoms with van der Waals surface area (Å²) in [5.74, 6) is -0.334. The number of rotatable bonds is 2. The van der Waals surface area contributed by atoms with Crippen LogP contribution in [0.2, 0.25) is 0 Å². The molecule has 0 aliphatic carbocycles. The van der Waals surface area contributed by atoms with Gasteiger partial charge in [-0.15, -0.1) is 0 Å². The van der Waals surface area contributed by atoms with Gasteiger partial charge in [0.15, 0.2) is 0 Å². The molecule has 0 aliphatic heterocycles. The lowest BCUT2D eigenvalue weighted by Crippen LogP contribution is -1.97. The summed E-state index contributed by atoms with van der Waals surface area (Å²) in [5, 5.41) is 12.0. The van der Waals surface area contributed by atoms with Crippen LogP contribution in [0, 0.1) is 24.1 Å². The van der Waals surface area contributed by atoms with Crippen LogP contribution in [0.15, 0.2) is 40.9 Å². The summed E-state index contributed by atoms with van der Waals surface area (Å²) in [6.45, 7) is 1.83. The molecule has 2 rings (SSSR count). The predicted molar refractivity (Wildman–Crippen MR) is 73.3 cm³/mol. The molecule has 0 saturated carbocycles. The minimum absolute atomic E-state index is 0.334. The average molecular weight is 305 g/mol. The highest BCUT2D eigenvalue weighted by Gasteiger charge is 2.08. The zero-order valence-electron chi connectivity index (χ0n) is 9.67. The summed E-state index contributed by atoms with van der Waals surface area (Å²) in [7, 11) is 0. The maximum absolute atomic E-state index is 13.7. The summed E-state index contributed by atoms with van der Waals surface area (Å²) in [6, 6.07) is 12.3. The van der Waals surface area contributed by atoms with Gasteiger partial charge in [-0.25, -0.2) is 4.39 Å². The van der Waals surface area contributed by atoms with Gasteiger partial charge in [-0.05, 0) is 52.7 Å². The fourth-order valence-electron chi connectivity index (χ4n) is 1.61. The van der Waals surface area contributed by atoms with Crippen molar-refractivity contribution in [3.8, 4) is 6.07 Å². The van der Waals surface area contributed by atoms with E-state index < -0.39 is 0 Å². The van der Waals surface area contributed by atoms with Gasteiger partial charge in [0, 0.05) is 4.47 Å². The van der Waals surface area contributed by atoms with Crippen LogP contribution in [-0.4, -0.2) is 0 Å². The zero-order valence-corrected chi connectivity index (χ0v) is 11.3. The van der Waals surface area contributed by atoms with E-state index in [1.54, 1.807) is 24.3 Å². The number of nitrogens with one attached hydrogen (secondary N) is 1. The Labute approximate surface area is 113 Å². The van der Waals surface area contributed by atoms with Crippen LogP contribution in [0.5, 0.6) is 0 Å². The second kappa shape index (κ2) is 5.19. The number of benzene rings is 2. The molecule has 1 N–H and O–H groups in total. The van der Waals surface area contributed by atoms with E-state index in [0.29, 0.717) is 21.4 Å². The molecular weight excluding hydrogens is 295 g/mol. The van der Waals surface area contributed by atoms with E-state index in [-0.39, 0.29) is 5.82 Å². The van der Waals surface area contributed by atoms with E-state index in [0.717, 1.165) is 5.56 Å². The van der Waals surface area contributed by atoms with Crippen molar-refractivity contribution in [3.63, 3.8) is 0 Å². The lowest BCUT2D eigenvalue weighted by molar-refractivity contribution is 0.630. The second-order valence-corrected chi connectivity index (χ2v) is 4.74. The summed E-state index contributed by atoms with van der Waals surface area (Å²) in [4.78, 5) is 0. The summed E-state index contributed by atoms with van der Waals surface area (Å²) in [5.41, 5.74) is 2.25. The Morgan fingerprint density at radius 3 is 2.67 bits per heavy atom. The van der Waals surface area contributed by atoms with E-state index in [1.165, 1.54) is 6.07 Å². The Morgan fingerprint density at radius 2 is 2.00 bits per heavy atom. The molecule has 4 heteroatoms. The van der Waals surface area contributed by atoms with Gasteiger partial charge >= 0.3 is 0 Å². The van der Waals surface area contributed by atoms with Gasteiger partial charge in [-0.1, -0.05) is 12.1 Å². The molecule has 0 aliphatic rings. The van der Waals surface area contributed by atoms with Crippen molar-refractivity contribution in [3.05, 3.63) is 57.8 Å². The van der Waals surface area contributed by atoms with Crippen molar-refractivity contribution in [2.24, 2.45) is 0 Å². The van der Waals surface area contributed by atoms with Crippen molar-refractivity contribution in [2.45, 2.75) is 6.92 Å². The molecule has 0 aromatic heterocycles. The molecule has 2 aromatic rings. The molecule has 18 heavy (non-hydrogen) atoms. The molecule has 0 spiro atoms. The van der Waals surface area contributed by atoms with Crippen molar-refractivity contribution in [1.82, 2.24) is 0 Å². The molecule has 90 valence electrons. The molecule has 2 aromatic carbocycles. The monoisotopic (exact) mass is 304 g/mol. The van der Waals surface area contributed by atoms with Crippen LogP contribution in [0.3, 0.4) is 0 Å². The SMILES string of the molecule is Cc1ccc(Nc2cccc(Br)c2C#N)c(F)c1. The van der Waals surface area contributed by atoms with Crippen LogP contribution in [0.1, 0.15) is 11.1 Å². The number of hydrogen-bond donors (Lipinski definition) is 1. The van der Waals surface area contributed by atoms with Crippen LogP contribution in [0.25, 0.3) is 0 Å². The minimum atomic E-state index is -0.334. The van der Waals surface area contributed by atoms with Crippen LogP contribution in [0.4, 0.5) is 15.8 Å². The fourth-order valence-corrected chi connectivity index (χ4v) is 2.06. The van der Waals surface area contributed by atoms with Crippen molar-refractivity contribution in [2.75, 3.05) is 5.32 Å². The number of hydrogen-bond acceptors (Lipinski definition) is 2. The number of halogens is 2. The maximum atomic E-state index is 13.7. The van der Waals surface area contributed by atoms with Crippen molar-refractivity contribution in [1.29, 1.82) is 5.26 Å². The van der Waals surface area contributed by atoms with E-state index in [4.69, 9.17) is 5.26 Å². The van der Waals surface area contributed by atoms with Crippen LogP contribution in [-0.2, 0) is 0 Å². The molecule has 2 nitrogen and oxygen atoms in total. The van der Waals surface area contributed by atoms with E-state index in [9.17, 15) is 4.39 Å². The molecule has 0 unspecified atom stereocenters. The topological polar surface area (TPSA) is 35.8 Å². The van der Waals surface area contributed by atoms with E-state index >= 15 is 0 Å². The van der Waals surface area contributed by atoms with Gasteiger partial charge in [-0.2, -0.15) is 5.26 Å². The molecule has 0 fully saturated rings. The lowest BCUT2D eigenvalue weighted by atomic mass is 10.1. The first kappa shape index (κ1) is 12.6. The molecule has 0 amide bonds. The highest BCUT2D eigenvalue weighted by molar-refractivity contribution is 9.10. The predicted octanol–water partition coefficient (Wildman–Crippen LogP) is 4.51. The number of anilines is 2.